The molecule has 1 N–H and O–H groups in total. The maximum Gasteiger partial charge on any atom is 0.0894 e. The zero-order valence-corrected chi connectivity index (χ0v) is 16.1. The van der Waals surface area contributed by atoms with Crippen molar-refractivity contribution in [1.82, 2.24) is 9.97 Å². The summed E-state index contributed by atoms with van der Waals surface area (Å²) < 4.78 is 0. The van der Waals surface area contributed by atoms with Crippen molar-refractivity contribution in [3.8, 4) is 0 Å². The number of para-hydroxylation sites is 4. The zero-order chi connectivity index (χ0) is 18.8. The molecule has 0 saturated heterocycles. The first kappa shape index (κ1) is 17.0. The second-order valence-electron chi connectivity index (χ2n) is 6.70. The number of hydrogen-bond acceptors (Lipinski definition) is 4. The number of nitrogens with one attached hydrogen (secondary N) is 1. The molecule has 6 rings (SSSR count). The molecule has 4 heteroatoms. The van der Waals surface area contributed by atoms with Crippen molar-refractivity contribution in [3.05, 3.63) is 90.3 Å². The summed E-state index contributed by atoms with van der Waals surface area (Å²) in [5.41, 5.74) is 6.56. The first-order valence-electron chi connectivity index (χ1n) is 9.42. The maximum atomic E-state index is 4.60. The summed E-state index contributed by atoms with van der Waals surface area (Å²) in [4.78, 5) is 11.8. The van der Waals surface area contributed by atoms with E-state index in [9.17, 15) is 0 Å². The summed E-state index contributed by atoms with van der Waals surface area (Å²) in [6, 6.07) is 24.8. The molecule has 0 fully saturated rings. The highest BCUT2D eigenvalue weighted by Gasteiger charge is 2.13. The summed E-state index contributed by atoms with van der Waals surface area (Å²) in [5, 5.41) is 3.42. The van der Waals surface area contributed by atoms with Gasteiger partial charge in [0.05, 0.1) is 33.8 Å². The van der Waals surface area contributed by atoms with Crippen LogP contribution in [0.15, 0.2) is 88.7 Å². The summed E-state index contributed by atoms with van der Waals surface area (Å²) in [6.07, 6.45) is 6.33. The molecule has 3 aromatic carbocycles. The van der Waals surface area contributed by atoms with Gasteiger partial charge in [0, 0.05) is 9.79 Å². The molecule has 28 heavy (non-hydrogen) atoms. The Morgan fingerprint density at radius 3 is 2.04 bits per heavy atom. The van der Waals surface area contributed by atoms with Crippen molar-refractivity contribution in [3.63, 3.8) is 0 Å². The SMILES string of the molecule is C1=Cc2nc3ccccc3nc2CC1.c1ccc2c(c1)Nc1ccccc1S2. The van der Waals surface area contributed by atoms with E-state index in [4.69, 9.17) is 0 Å². The molecular formula is C24H19N3S. The van der Waals surface area contributed by atoms with Crippen LogP contribution in [0.4, 0.5) is 11.4 Å². The molecule has 0 spiro atoms. The molecule has 3 nitrogen and oxygen atoms in total. The van der Waals surface area contributed by atoms with Crippen molar-refractivity contribution in [2.75, 3.05) is 5.32 Å². The van der Waals surface area contributed by atoms with Crippen LogP contribution in [0.3, 0.4) is 0 Å². The Morgan fingerprint density at radius 1 is 0.714 bits per heavy atom. The van der Waals surface area contributed by atoms with Crippen molar-refractivity contribution in [2.24, 2.45) is 0 Å². The minimum atomic E-state index is 0.984. The van der Waals surface area contributed by atoms with Crippen LogP contribution < -0.4 is 5.32 Å². The topological polar surface area (TPSA) is 37.8 Å². The molecule has 1 aliphatic carbocycles. The van der Waals surface area contributed by atoms with Gasteiger partial charge in [0.2, 0.25) is 0 Å². The first-order valence-corrected chi connectivity index (χ1v) is 10.2. The standard InChI is InChI=1S/C12H10N2.C12H9NS/c1-2-6-10-9(5-1)13-11-7-3-4-8-12(11)14-10;1-3-7-11-9(5-1)13-10-6-2-4-8-12(10)14-11/h1-3,5-7H,4,8H2;1-8,13H. The molecular weight excluding hydrogens is 362 g/mol. The molecule has 2 heterocycles. The molecule has 1 aliphatic heterocycles. The third-order valence-electron chi connectivity index (χ3n) is 4.76. The Balaban J connectivity index is 0.000000122. The quantitative estimate of drug-likeness (QED) is 0.333. The van der Waals surface area contributed by atoms with Gasteiger partial charge in [-0.05, 0) is 55.3 Å². The largest absolute Gasteiger partial charge is 0.354 e. The molecule has 0 atom stereocenters. The molecule has 4 aromatic rings. The van der Waals surface area contributed by atoms with E-state index in [2.05, 4.69) is 76.0 Å². The van der Waals surface area contributed by atoms with Crippen LogP contribution in [-0.4, -0.2) is 9.97 Å². The molecule has 0 bridgehead atoms. The monoisotopic (exact) mass is 381 g/mol. The maximum absolute atomic E-state index is 4.60. The van der Waals surface area contributed by atoms with Gasteiger partial charge in [-0.15, -0.1) is 0 Å². The number of aromatic nitrogens is 2. The van der Waals surface area contributed by atoms with E-state index in [1.807, 2.05) is 36.0 Å². The lowest BCUT2D eigenvalue weighted by Crippen LogP contribution is -2.01. The van der Waals surface area contributed by atoms with E-state index in [1.54, 1.807) is 0 Å². The summed E-state index contributed by atoms with van der Waals surface area (Å²) >= 11 is 1.82. The minimum absolute atomic E-state index is 0.984. The fourth-order valence-corrected chi connectivity index (χ4v) is 4.35. The second-order valence-corrected chi connectivity index (χ2v) is 7.79. The summed E-state index contributed by atoms with van der Waals surface area (Å²) in [5.74, 6) is 0. The zero-order valence-electron chi connectivity index (χ0n) is 15.3. The fraction of sp³-hybridized carbons (Fsp3) is 0.0833. The lowest BCUT2D eigenvalue weighted by Gasteiger charge is -2.19. The predicted molar refractivity (Wildman–Crippen MR) is 117 cm³/mol. The number of fused-ring (bicyclic) bond motifs is 4. The molecule has 1 aromatic heterocycles. The molecule has 0 unspecified atom stereocenters. The lowest BCUT2D eigenvalue weighted by atomic mass is 10.1. The van der Waals surface area contributed by atoms with Crippen LogP contribution >= 0.6 is 11.8 Å². The molecule has 0 saturated carbocycles. The van der Waals surface area contributed by atoms with Crippen LogP contribution in [0.1, 0.15) is 17.8 Å². The van der Waals surface area contributed by atoms with E-state index in [0.717, 1.165) is 35.3 Å². The number of hydrogen-bond donors (Lipinski definition) is 1. The van der Waals surface area contributed by atoms with Crippen LogP contribution in [0.25, 0.3) is 17.1 Å². The molecule has 0 amide bonds. The van der Waals surface area contributed by atoms with Crippen molar-refractivity contribution in [2.45, 2.75) is 22.6 Å². The van der Waals surface area contributed by atoms with E-state index >= 15 is 0 Å². The van der Waals surface area contributed by atoms with Gasteiger partial charge in [0.1, 0.15) is 0 Å². The predicted octanol–water partition coefficient (Wildman–Crippen LogP) is 6.48. The van der Waals surface area contributed by atoms with Gasteiger partial charge in [0.15, 0.2) is 0 Å². The van der Waals surface area contributed by atoms with Gasteiger partial charge < -0.3 is 5.32 Å². The minimum Gasteiger partial charge on any atom is -0.354 e. The Morgan fingerprint density at radius 2 is 1.32 bits per heavy atom. The van der Waals surface area contributed by atoms with E-state index in [0.29, 0.717) is 0 Å². The number of nitrogens with zero attached hydrogens (tertiary/aromatic N) is 2. The third kappa shape index (κ3) is 3.39. The van der Waals surface area contributed by atoms with E-state index in [1.165, 1.54) is 21.2 Å². The number of aryl methyl sites for hydroxylation is 1. The normalized spacial score (nSPS) is 13.4. The van der Waals surface area contributed by atoms with Crippen LogP contribution in [0, 0.1) is 0 Å². The smallest absolute Gasteiger partial charge is 0.0894 e. The van der Waals surface area contributed by atoms with Gasteiger partial charge in [-0.1, -0.05) is 54.2 Å². The highest BCUT2D eigenvalue weighted by Crippen LogP contribution is 2.43. The number of anilines is 2. The average molecular weight is 382 g/mol. The third-order valence-corrected chi connectivity index (χ3v) is 5.91. The average Bonchev–Trinajstić information content (AvgIpc) is 2.76. The molecule has 0 radical (unpaired) electrons. The van der Waals surface area contributed by atoms with Crippen molar-refractivity contribution < 1.29 is 0 Å². The van der Waals surface area contributed by atoms with Gasteiger partial charge in [-0.2, -0.15) is 0 Å². The van der Waals surface area contributed by atoms with Crippen LogP contribution in [-0.2, 0) is 6.42 Å². The number of rotatable bonds is 0. The number of benzene rings is 3. The van der Waals surface area contributed by atoms with E-state index < -0.39 is 0 Å². The van der Waals surface area contributed by atoms with Gasteiger partial charge in [-0.3, -0.25) is 0 Å². The second kappa shape index (κ2) is 7.49. The lowest BCUT2D eigenvalue weighted by molar-refractivity contribution is 0.920. The van der Waals surface area contributed by atoms with Crippen LogP contribution in [0.5, 0.6) is 0 Å². The van der Waals surface area contributed by atoms with Crippen molar-refractivity contribution >= 4 is 40.2 Å². The summed E-state index contributed by atoms with van der Waals surface area (Å²) in [6.45, 7) is 0. The Kier molecular flexibility index (Phi) is 4.55. The molecule has 2 aliphatic rings. The summed E-state index contributed by atoms with van der Waals surface area (Å²) in [7, 11) is 0. The van der Waals surface area contributed by atoms with E-state index in [-0.39, 0.29) is 0 Å². The van der Waals surface area contributed by atoms with Gasteiger partial charge >= 0.3 is 0 Å². The highest BCUT2D eigenvalue weighted by atomic mass is 32.2. The Bertz CT molecular complexity index is 1100. The van der Waals surface area contributed by atoms with Gasteiger partial charge in [0.25, 0.3) is 0 Å². The Hall–Kier alpha value is -3.11. The highest BCUT2D eigenvalue weighted by molar-refractivity contribution is 7.99. The van der Waals surface area contributed by atoms with Gasteiger partial charge in [-0.25, -0.2) is 9.97 Å². The molecule has 136 valence electrons. The van der Waals surface area contributed by atoms with Crippen LogP contribution in [0.2, 0.25) is 0 Å². The Labute approximate surface area is 168 Å². The van der Waals surface area contributed by atoms with Crippen molar-refractivity contribution in [1.29, 1.82) is 0 Å². The fourth-order valence-electron chi connectivity index (χ4n) is 3.36. The number of allylic oxidation sites excluding steroid dienone is 1. The first-order chi connectivity index (χ1) is 13.9.